The monoisotopic (exact) mass is 483 g/mol. The number of nitrogens with two attached hydrogens (primary N) is 1. The largest absolute Gasteiger partial charge is 0.364 e. The van der Waals surface area contributed by atoms with Crippen LogP contribution in [0, 0.1) is 11.7 Å². The Kier molecular flexibility index (Phi) is 5.73. The lowest BCUT2D eigenvalue weighted by molar-refractivity contribution is -0.151. The van der Waals surface area contributed by atoms with Crippen LogP contribution in [0.2, 0.25) is 5.02 Å². The molecule has 2 bridgehead atoms. The molecule has 176 valence electrons. The lowest BCUT2D eigenvalue weighted by Crippen LogP contribution is -2.62. The number of nitrogens with zero attached hydrogens (tertiary/aromatic N) is 3. The van der Waals surface area contributed by atoms with Crippen LogP contribution in [0.4, 0.5) is 10.1 Å². The Morgan fingerprint density at radius 2 is 1.82 bits per heavy atom. The zero-order chi connectivity index (χ0) is 24.0. The molecule has 6 rings (SSSR count). The molecule has 2 aliphatic heterocycles. The van der Waals surface area contributed by atoms with Gasteiger partial charge in [-0.2, -0.15) is 5.10 Å². The fourth-order valence-corrected chi connectivity index (χ4v) is 5.47. The number of amides is 3. The van der Waals surface area contributed by atoms with Crippen LogP contribution in [-0.2, 0) is 16.1 Å². The highest BCUT2D eigenvalue weighted by molar-refractivity contribution is 6.31. The number of fused-ring (bicyclic) bond motifs is 4. The van der Waals surface area contributed by atoms with Crippen LogP contribution in [0.1, 0.15) is 36.2 Å². The maximum Gasteiger partial charge on any atom is 0.269 e. The molecule has 3 aliphatic rings. The van der Waals surface area contributed by atoms with E-state index < -0.39 is 23.7 Å². The zero-order valence-electron chi connectivity index (χ0n) is 18.2. The number of anilines is 1. The van der Waals surface area contributed by atoms with Crippen LogP contribution in [-0.4, -0.2) is 44.5 Å². The summed E-state index contributed by atoms with van der Waals surface area (Å²) >= 11 is 5.85. The Labute approximate surface area is 199 Å². The number of carbonyl (C=O) groups is 3. The lowest BCUT2D eigenvalue weighted by atomic mass is 9.74. The summed E-state index contributed by atoms with van der Waals surface area (Å²) in [6.45, 7) is -0.147. The first kappa shape index (κ1) is 22.3. The normalized spacial score (nSPS) is 21.6. The van der Waals surface area contributed by atoms with Crippen LogP contribution in [0.5, 0.6) is 0 Å². The van der Waals surface area contributed by atoms with Gasteiger partial charge < -0.3 is 16.0 Å². The molecule has 1 atom stereocenters. The zero-order valence-corrected chi connectivity index (χ0v) is 19.0. The first-order chi connectivity index (χ1) is 16.3. The molecule has 3 fully saturated rings. The van der Waals surface area contributed by atoms with E-state index in [9.17, 15) is 18.8 Å². The van der Waals surface area contributed by atoms with Gasteiger partial charge in [-0.15, -0.1) is 0 Å². The molecule has 3 N–H and O–H groups in total. The smallest absolute Gasteiger partial charge is 0.269 e. The van der Waals surface area contributed by atoms with Gasteiger partial charge in [0.15, 0.2) is 11.5 Å². The van der Waals surface area contributed by atoms with Crippen molar-refractivity contribution < 1.29 is 18.8 Å². The first-order valence-electron chi connectivity index (χ1n) is 11.2. The fourth-order valence-electron chi connectivity index (χ4n) is 5.30. The first-order valence-corrected chi connectivity index (χ1v) is 11.5. The van der Waals surface area contributed by atoms with Gasteiger partial charge in [0.25, 0.3) is 5.91 Å². The van der Waals surface area contributed by atoms with Gasteiger partial charge >= 0.3 is 0 Å². The van der Waals surface area contributed by atoms with E-state index in [1.807, 2.05) is 0 Å². The second-order valence-corrected chi connectivity index (χ2v) is 9.20. The average Bonchev–Trinajstić information content (AvgIpc) is 3.21. The maximum atomic E-state index is 14.4. The molecular formula is C24H23ClFN5O3. The molecule has 3 heterocycles. The summed E-state index contributed by atoms with van der Waals surface area (Å²) in [7, 11) is 0. The third-order valence-electron chi connectivity index (χ3n) is 6.82. The quantitative estimate of drug-likeness (QED) is 0.579. The van der Waals surface area contributed by atoms with E-state index >= 15 is 0 Å². The summed E-state index contributed by atoms with van der Waals surface area (Å²) in [4.78, 5) is 40.3. The molecule has 8 nitrogen and oxygen atoms in total. The number of halogens is 2. The molecule has 1 aromatic heterocycles. The number of rotatable bonds is 5. The van der Waals surface area contributed by atoms with E-state index in [0.717, 1.165) is 25.7 Å². The second-order valence-electron chi connectivity index (χ2n) is 8.79. The molecule has 1 aliphatic carbocycles. The van der Waals surface area contributed by atoms with Crippen molar-refractivity contribution in [3.05, 3.63) is 59.0 Å². The molecule has 3 amide bonds. The maximum absolute atomic E-state index is 14.4. The van der Waals surface area contributed by atoms with E-state index in [2.05, 4.69) is 10.4 Å². The number of para-hydroxylation sites is 1. The van der Waals surface area contributed by atoms with Crippen LogP contribution in [0.25, 0.3) is 10.9 Å². The highest BCUT2D eigenvalue weighted by Crippen LogP contribution is 2.40. The molecule has 34 heavy (non-hydrogen) atoms. The molecule has 1 saturated carbocycles. The van der Waals surface area contributed by atoms with Gasteiger partial charge in [-0.3, -0.25) is 19.1 Å². The number of carbonyl (C=O) groups excluding carboxylic acids is 3. The summed E-state index contributed by atoms with van der Waals surface area (Å²) in [5.74, 6) is -2.14. The standard InChI is InChI=1S/C24H23ClFN5O3/c25-16-5-3-6-17(20(16)26)28-24(34)22-13-8-10-14(11-9-13)31(22)19(32)12-30-18-7-2-1-4-15(18)21(29-30)23(27)33/h1-7,13-14,22H,8-12H2,(H2,27,33)(H,28,34)/t13?,14?,22-/m1/s1. The SMILES string of the molecule is NC(=O)c1nn(CC(=O)N2C3CCC(CC3)[C@@H]2C(=O)Nc2cccc(Cl)c2F)c2ccccc12. The molecule has 0 radical (unpaired) electrons. The van der Waals surface area contributed by atoms with Crippen LogP contribution >= 0.6 is 11.6 Å². The molecule has 3 aromatic rings. The number of piperidine rings is 2. The van der Waals surface area contributed by atoms with Crippen molar-refractivity contribution in [2.45, 2.75) is 44.3 Å². The number of hydrogen-bond donors (Lipinski definition) is 2. The number of nitrogens with one attached hydrogen (secondary N) is 1. The van der Waals surface area contributed by atoms with Gasteiger partial charge in [-0.25, -0.2) is 4.39 Å². The van der Waals surface area contributed by atoms with E-state index in [-0.39, 0.29) is 40.8 Å². The van der Waals surface area contributed by atoms with Crippen LogP contribution in [0.3, 0.4) is 0 Å². The average molecular weight is 484 g/mol. The van der Waals surface area contributed by atoms with Gasteiger partial charge in [-0.1, -0.05) is 35.9 Å². The van der Waals surface area contributed by atoms with Crippen molar-refractivity contribution in [1.29, 1.82) is 0 Å². The summed E-state index contributed by atoms with van der Waals surface area (Å²) in [5.41, 5.74) is 6.15. The van der Waals surface area contributed by atoms with Crippen molar-refractivity contribution in [1.82, 2.24) is 14.7 Å². The molecule has 2 aromatic carbocycles. The Hall–Kier alpha value is -3.46. The predicted octanol–water partition coefficient (Wildman–Crippen LogP) is 3.34. The van der Waals surface area contributed by atoms with Gasteiger partial charge in [0.05, 0.1) is 16.2 Å². The highest BCUT2D eigenvalue weighted by atomic mass is 35.5. The van der Waals surface area contributed by atoms with Gasteiger partial charge in [0, 0.05) is 11.4 Å². The Morgan fingerprint density at radius 1 is 1.09 bits per heavy atom. The van der Waals surface area contributed by atoms with Gasteiger partial charge in [-0.05, 0) is 49.8 Å². The van der Waals surface area contributed by atoms with E-state index in [0.29, 0.717) is 10.9 Å². The molecule has 2 saturated heterocycles. The number of aromatic nitrogens is 2. The minimum absolute atomic E-state index is 0.0180. The third kappa shape index (κ3) is 3.79. The highest BCUT2D eigenvalue weighted by Gasteiger charge is 2.47. The second kappa shape index (κ2) is 8.72. The molecule has 10 heteroatoms. The minimum Gasteiger partial charge on any atom is -0.364 e. The van der Waals surface area contributed by atoms with E-state index in [1.165, 1.54) is 16.8 Å². The fraction of sp³-hybridized carbons (Fsp3) is 0.333. The molecular weight excluding hydrogens is 461 g/mol. The van der Waals surface area contributed by atoms with Crippen molar-refractivity contribution in [2.75, 3.05) is 5.32 Å². The summed E-state index contributed by atoms with van der Waals surface area (Å²) in [6, 6.07) is 10.6. The van der Waals surface area contributed by atoms with Crippen molar-refractivity contribution in [3.63, 3.8) is 0 Å². The number of primary amides is 1. The van der Waals surface area contributed by atoms with E-state index in [4.69, 9.17) is 17.3 Å². The van der Waals surface area contributed by atoms with Gasteiger partial charge in [0.1, 0.15) is 12.6 Å². The minimum atomic E-state index is -0.726. The van der Waals surface area contributed by atoms with Crippen molar-refractivity contribution in [3.8, 4) is 0 Å². The third-order valence-corrected chi connectivity index (χ3v) is 7.12. The van der Waals surface area contributed by atoms with Crippen molar-refractivity contribution in [2.24, 2.45) is 11.7 Å². The van der Waals surface area contributed by atoms with Crippen LogP contribution in [0.15, 0.2) is 42.5 Å². The molecule has 0 spiro atoms. The Morgan fingerprint density at radius 3 is 2.56 bits per heavy atom. The van der Waals surface area contributed by atoms with Gasteiger partial charge in [0.2, 0.25) is 11.8 Å². The van der Waals surface area contributed by atoms with Crippen LogP contribution < -0.4 is 11.1 Å². The predicted molar refractivity (Wildman–Crippen MR) is 125 cm³/mol. The van der Waals surface area contributed by atoms with Crippen molar-refractivity contribution >= 4 is 45.9 Å². The summed E-state index contributed by atoms with van der Waals surface area (Å²) < 4.78 is 15.8. The Bertz CT molecular complexity index is 1300. The lowest BCUT2D eigenvalue weighted by Gasteiger charge is -2.50. The topological polar surface area (TPSA) is 110 Å². The number of hydrogen-bond acceptors (Lipinski definition) is 4. The summed E-state index contributed by atoms with van der Waals surface area (Å²) in [6.07, 6.45) is 3.25. The number of benzene rings is 2. The van der Waals surface area contributed by atoms with E-state index in [1.54, 1.807) is 35.2 Å². The molecule has 0 unspecified atom stereocenters. The Balaban J connectivity index is 1.44. The summed E-state index contributed by atoms with van der Waals surface area (Å²) in [5, 5.41) is 7.37.